The normalized spacial score (nSPS) is 19.9. The maximum Gasteiger partial charge on any atom is 0.310 e. The van der Waals surface area contributed by atoms with Crippen molar-refractivity contribution < 1.29 is 14.3 Å². The van der Waals surface area contributed by atoms with Gasteiger partial charge in [-0.3, -0.25) is 9.59 Å². The molecule has 2 aliphatic heterocycles. The molecule has 1 atom stereocenters. The number of fused-ring (bicyclic) bond motifs is 1. The monoisotopic (exact) mass is 406 g/mol. The fourth-order valence-corrected chi connectivity index (χ4v) is 4.64. The molecule has 1 unspecified atom stereocenters. The Morgan fingerprint density at radius 1 is 1.32 bits per heavy atom. The van der Waals surface area contributed by atoms with Crippen molar-refractivity contribution in [2.24, 2.45) is 10.9 Å². The van der Waals surface area contributed by atoms with Crippen LogP contribution in [-0.2, 0) is 27.3 Å². The van der Waals surface area contributed by atoms with Gasteiger partial charge in [0, 0.05) is 37.6 Å². The second-order valence-corrected chi connectivity index (χ2v) is 8.14. The Hall–Kier alpha value is -2.09. The van der Waals surface area contributed by atoms with Crippen LogP contribution in [0.5, 0.6) is 0 Å². The summed E-state index contributed by atoms with van der Waals surface area (Å²) in [6.07, 6.45) is 2.68. The number of rotatable bonds is 5. The van der Waals surface area contributed by atoms with Crippen LogP contribution in [0.3, 0.4) is 0 Å². The molecule has 154 valence electrons. The fraction of sp³-hybridized carbons (Fsp3) is 0.650. The number of nitrogens with zero attached hydrogens (tertiary/aromatic N) is 3. The van der Waals surface area contributed by atoms with Crippen molar-refractivity contribution in [2.45, 2.75) is 39.7 Å². The van der Waals surface area contributed by atoms with Crippen molar-refractivity contribution in [2.75, 3.05) is 39.3 Å². The topological polar surface area (TPSA) is 74.2 Å². The number of hydrogen-bond donors (Lipinski definition) is 1. The van der Waals surface area contributed by atoms with E-state index in [0.717, 1.165) is 38.9 Å². The minimum absolute atomic E-state index is 0.0474. The molecule has 0 radical (unpaired) electrons. The number of nitrogens with one attached hydrogen (secondary N) is 1. The largest absolute Gasteiger partial charge is 0.466 e. The summed E-state index contributed by atoms with van der Waals surface area (Å²) in [5.41, 5.74) is 1.26. The molecule has 8 heteroatoms. The second-order valence-electron chi connectivity index (χ2n) is 7.14. The number of aliphatic imine (C=N–C) groups is 1. The first-order valence-corrected chi connectivity index (χ1v) is 11.0. The molecule has 1 aromatic heterocycles. The number of carbonyl (C=O) groups excluding carboxylic acids is 2. The average molecular weight is 407 g/mol. The molecule has 1 N–H and O–H groups in total. The van der Waals surface area contributed by atoms with E-state index in [0.29, 0.717) is 25.7 Å². The summed E-state index contributed by atoms with van der Waals surface area (Å²) in [5.74, 6) is 0.482. The van der Waals surface area contributed by atoms with Crippen molar-refractivity contribution in [1.82, 2.24) is 15.1 Å². The predicted octanol–water partition coefficient (Wildman–Crippen LogP) is 1.87. The van der Waals surface area contributed by atoms with Gasteiger partial charge in [0.05, 0.1) is 12.5 Å². The average Bonchev–Trinajstić information content (AvgIpc) is 3.19. The fourth-order valence-electron chi connectivity index (χ4n) is 3.75. The van der Waals surface area contributed by atoms with Crippen molar-refractivity contribution in [3.63, 3.8) is 0 Å². The zero-order valence-corrected chi connectivity index (χ0v) is 17.6. The van der Waals surface area contributed by atoms with E-state index in [9.17, 15) is 9.59 Å². The summed E-state index contributed by atoms with van der Waals surface area (Å²) in [5, 5.41) is 5.36. The van der Waals surface area contributed by atoms with Crippen molar-refractivity contribution in [3.8, 4) is 0 Å². The lowest BCUT2D eigenvalue weighted by Gasteiger charge is -2.34. The van der Waals surface area contributed by atoms with Gasteiger partial charge in [0.2, 0.25) is 5.91 Å². The first-order valence-electron chi connectivity index (χ1n) is 10.1. The molecule has 7 nitrogen and oxygen atoms in total. The van der Waals surface area contributed by atoms with Gasteiger partial charge >= 0.3 is 5.97 Å². The van der Waals surface area contributed by atoms with Gasteiger partial charge in [0.25, 0.3) is 0 Å². The van der Waals surface area contributed by atoms with Gasteiger partial charge in [-0.25, -0.2) is 4.99 Å². The molecule has 1 saturated heterocycles. The first-order chi connectivity index (χ1) is 13.6. The van der Waals surface area contributed by atoms with E-state index in [2.05, 4.69) is 26.7 Å². The molecule has 1 amide bonds. The molecule has 0 aliphatic carbocycles. The van der Waals surface area contributed by atoms with Gasteiger partial charge in [-0.15, -0.1) is 11.3 Å². The highest BCUT2D eigenvalue weighted by atomic mass is 32.1. The molecule has 0 saturated carbocycles. The molecular formula is C20H30N4O3S. The van der Waals surface area contributed by atoms with E-state index in [1.807, 2.05) is 18.7 Å². The van der Waals surface area contributed by atoms with Crippen LogP contribution in [0.1, 0.15) is 37.1 Å². The molecule has 1 fully saturated rings. The number of piperidine rings is 1. The van der Waals surface area contributed by atoms with Gasteiger partial charge in [-0.2, -0.15) is 0 Å². The van der Waals surface area contributed by atoms with E-state index in [1.54, 1.807) is 11.3 Å². The minimum Gasteiger partial charge on any atom is -0.466 e. The van der Waals surface area contributed by atoms with Gasteiger partial charge in [-0.05, 0) is 50.1 Å². The van der Waals surface area contributed by atoms with Crippen LogP contribution in [-0.4, -0.2) is 67.0 Å². The lowest BCUT2D eigenvalue weighted by molar-refractivity contribution is -0.149. The standard InChI is InChI=1S/C20H30N4O3S/c1-3-21-20(24-9-5-6-16(14-24)19(26)27-4-2)22-12-18(25)23-10-7-17-15(13-23)8-11-28-17/h8,11,16H,3-7,9-10,12-14H2,1-2H3,(H,21,22). The Kier molecular flexibility index (Phi) is 7.30. The maximum atomic E-state index is 12.7. The quantitative estimate of drug-likeness (QED) is 0.459. The molecule has 0 aromatic carbocycles. The Morgan fingerprint density at radius 2 is 2.18 bits per heavy atom. The van der Waals surface area contributed by atoms with E-state index in [4.69, 9.17) is 4.74 Å². The SMILES string of the molecule is CCNC(=NCC(=O)N1CCc2sccc2C1)N1CCCC(C(=O)OCC)C1. The van der Waals surface area contributed by atoms with E-state index in [1.165, 1.54) is 10.4 Å². The van der Waals surface area contributed by atoms with Gasteiger partial charge in [-0.1, -0.05) is 0 Å². The van der Waals surface area contributed by atoms with Crippen LogP contribution in [0.4, 0.5) is 0 Å². The number of amides is 1. The van der Waals surface area contributed by atoms with Crippen LogP contribution >= 0.6 is 11.3 Å². The number of thiophene rings is 1. The van der Waals surface area contributed by atoms with E-state index >= 15 is 0 Å². The van der Waals surface area contributed by atoms with Gasteiger partial charge in [0.15, 0.2) is 5.96 Å². The zero-order chi connectivity index (χ0) is 19.9. The van der Waals surface area contributed by atoms with Gasteiger partial charge in [0.1, 0.15) is 6.54 Å². The highest BCUT2D eigenvalue weighted by Gasteiger charge is 2.29. The third kappa shape index (κ3) is 5.04. The molecule has 2 aliphatic rings. The van der Waals surface area contributed by atoms with Crippen molar-refractivity contribution >= 4 is 29.2 Å². The summed E-state index contributed by atoms with van der Waals surface area (Å²) in [7, 11) is 0. The summed E-state index contributed by atoms with van der Waals surface area (Å²) in [4.78, 5) is 34.7. The molecule has 3 rings (SSSR count). The number of esters is 1. The number of likely N-dealkylation sites (tertiary alicyclic amines) is 1. The second kappa shape index (κ2) is 9.91. The molecular weight excluding hydrogens is 376 g/mol. The Morgan fingerprint density at radius 3 is 2.96 bits per heavy atom. The highest BCUT2D eigenvalue weighted by molar-refractivity contribution is 7.10. The molecule has 28 heavy (non-hydrogen) atoms. The number of hydrogen-bond acceptors (Lipinski definition) is 5. The summed E-state index contributed by atoms with van der Waals surface area (Å²) in [6.45, 7) is 7.93. The first kappa shape index (κ1) is 20.6. The molecule has 0 bridgehead atoms. The van der Waals surface area contributed by atoms with E-state index < -0.39 is 0 Å². The molecule has 0 spiro atoms. The van der Waals surface area contributed by atoms with Crippen molar-refractivity contribution in [1.29, 1.82) is 0 Å². The third-order valence-corrected chi connectivity index (χ3v) is 6.22. The molecule has 3 heterocycles. The summed E-state index contributed by atoms with van der Waals surface area (Å²) in [6, 6.07) is 2.11. The lowest BCUT2D eigenvalue weighted by Crippen LogP contribution is -2.48. The van der Waals surface area contributed by atoms with Crippen LogP contribution < -0.4 is 5.32 Å². The number of ether oxygens (including phenoxy) is 1. The summed E-state index contributed by atoms with van der Waals surface area (Å²) >= 11 is 1.77. The van der Waals surface area contributed by atoms with Crippen LogP contribution in [0.2, 0.25) is 0 Å². The Bertz CT molecular complexity index is 718. The lowest BCUT2D eigenvalue weighted by atomic mass is 9.98. The Balaban J connectivity index is 1.60. The summed E-state index contributed by atoms with van der Waals surface area (Å²) < 4.78 is 5.18. The molecule has 1 aromatic rings. The van der Waals surface area contributed by atoms with Crippen LogP contribution in [0.25, 0.3) is 0 Å². The predicted molar refractivity (Wildman–Crippen MR) is 110 cm³/mol. The van der Waals surface area contributed by atoms with Crippen LogP contribution in [0.15, 0.2) is 16.4 Å². The zero-order valence-electron chi connectivity index (χ0n) is 16.8. The smallest absolute Gasteiger partial charge is 0.310 e. The van der Waals surface area contributed by atoms with Crippen LogP contribution in [0, 0.1) is 5.92 Å². The van der Waals surface area contributed by atoms with Crippen molar-refractivity contribution in [3.05, 3.63) is 21.9 Å². The minimum atomic E-state index is -0.140. The van der Waals surface area contributed by atoms with Gasteiger partial charge < -0.3 is 19.9 Å². The van der Waals surface area contributed by atoms with E-state index in [-0.39, 0.29) is 24.3 Å². The Labute approximate surface area is 170 Å². The third-order valence-electron chi connectivity index (χ3n) is 5.20. The maximum absolute atomic E-state index is 12.7. The highest BCUT2D eigenvalue weighted by Crippen LogP contribution is 2.24. The number of carbonyl (C=O) groups is 2. The number of guanidine groups is 1.